The molecule has 1 N–H and O–H groups in total. The Morgan fingerprint density at radius 1 is 1.32 bits per heavy atom. The van der Waals surface area contributed by atoms with E-state index in [1.807, 2.05) is 19.9 Å². The zero-order chi connectivity index (χ0) is 16.9. The second-order valence-corrected chi connectivity index (χ2v) is 7.28. The molecule has 1 amide bonds. The van der Waals surface area contributed by atoms with Gasteiger partial charge in [-0.25, -0.2) is 9.78 Å². The minimum absolute atomic E-state index is 0.0350. The molecular weight excluding hydrogens is 348 g/mol. The van der Waals surface area contributed by atoms with Crippen molar-refractivity contribution in [2.24, 2.45) is 5.92 Å². The van der Waals surface area contributed by atoms with Crippen LogP contribution in [-0.2, 0) is 16.0 Å². The molecule has 0 aliphatic carbocycles. The van der Waals surface area contributed by atoms with Crippen molar-refractivity contribution < 1.29 is 14.3 Å². The Labute approximate surface area is 140 Å². The maximum atomic E-state index is 12.4. The van der Waals surface area contributed by atoms with Crippen molar-refractivity contribution in [3.8, 4) is 0 Å². The van der Waals surface area contributed by atoms with E-state index in [9.17, 15) is 9.59 Å². The zero-order valence-electron chi connectivity index (χ0n) is 13.6. The Hall–Kier alpha value is -1.43. The van der Waals surface area contributed by atoms with Gasteiger partial charge in [0.05, 0.1) is 12.5 Å². The smallest absolute Gasteiger partial charge is 0.408 e. The summed E-state index contributed by atoms with van der Waals surface area (Å²) in [7, 11) is 0. The summed E-state index contributed by atoms with van der Waals surface area (Å²) < 4.78 is 5.89. The van der Waals surface area contributed by atoms with Gasteiger partial charge in [0.1, 0.15) is 10.2 Å². The highest BCUT2D eigenvalue weighted by Crippen LogP contribution is 2.12. The maximum Gasteiger partial charge on any atom is 0.408 e. The van der Waals surface area contributed by atoms with E-state index in [0.717, 1.165) is 0 Å². The van der Waals surface area contributed by atoms with Crippen LogP contribution in [0.1, 0.15) is 40.3 Å². The summed E-state index contributed by atoms with van der Waals surface area (Å²) in [6.07, 6.45) is -0.417. The van der Waals surface area contributed by atoms with E-state index in [1.165, 1.54) is 0 Å². The Morgan fingerprint density at radius 3 is 2.45 bits per heavy atom. The number of aromatic nitrogens is 1. The first-order valence-corrected chi connectivity index (χ1v) is 8.01. The summed E-state index contributed by atoms with van der Waals surface area (Å²) in [4.78, 5) is 28.6. The van der Waals surface area contributed by atoms with Crippen LogP contribution in [0.15, 0.2) is 22.8 Å². The van der Waals surface area contributed by atoms with Crippen LogP contribution in [0.3, 0.4) is 0 Å². The van der Waals surface area contributed by atoms with E-state index in [4.69, 9.17) is 4.74 Å². The van der Waals surface area contributed by atoms with Gasteiger partial charge in [-0.3, -0.25) is 4.79 Å². The van der Waals surface area contributed by atoms with Crippen LogP contribution in [-0.4, -0.2) is 28.5 Å². The third kappa shape index (κ3) is 6.56. The second kappa shape index (κ2) is 7.72. The summed E-state index contributed by atoms with van der Waals surface area (Å²) in [6, 6.07) is 4.81. The van der Waals surface area contributed by atoms with Crippen LogP contribution in [0.4, 0.5) is 4.79 Å². The van der Waals surface area contributed by atoms with Crippen LogP contribution in [0.5, 0.6) is 0 Å². The summed E-state index contributed by atoms with van der Waals surface area (Å²) >= 11 is 3.28. The van der Waals surface area contributed by atoms with Crippen molar-refractivity contribution in [3.05, 3.63) is 28.5 Å². The van der Waals surface area contributed by atoms with Gasteiger partial charge in [0.2, 0.25) is 0 Å². The number of halogens is 1. The largest absolute Gasteiger partial charge is 0.444 e. The maximum absolute atomic E-state index is 12.4. The molecule has 5 nitrogen and oxygen atoms in total. The molecular formula is C16H23BrN2O3. The minimum Gasteiger partial charge on any atom is -0.444 e. The molecule has 22 heavy (non-hydrogen) atoms. The van der Waals surface area contributed by atoms with Crippen molar-refractivity contribution in [2.75, 3.05) is 0 Å². The van der Waals surface area contributed by atoms with Crippen molar-refractivity contribution in [3.63, 3.8) is 0 Å². The normalized spacial score (nSPS) is 12.9. The Balaban J connectivity index is 2.74. The lowest BCUT2D eigenvalue weighted by molar-refractivity contribution is -0.121. The number of hydrogen-bond acceptors (Lipinski definition) is 4. The molecule has 1 heterocycles. The zero-order valence-corrected chi connectivity index (χ0v) is 15.2. The summed E-state index contributed by atoms with van der Waals surface area (Å²) in [5.41, 5.74) is 0.0663. The molecule has 0 saturated heterocycles. The van der Waals surface area contributed by atoms with E-state index < -0.39 is 17.7 Å². The van der Waals surface area contributed by atoms with E-state index in [0.29, 0.717) is 10.3 Å². The molecule has 0 unspecified atom stereocenters. The van der Waals surface area contributed by atoms with Crippen molar-refractivity contribution in [2.45, 2.75) is 52.7 Å². The molecule has 0 aromatic carbocycles. The molecule has 1 atom stereocenters. The number of alkyl carbamates (subject to hydrolysis) is 1. The Kier molecular flexibility index (Phi) is 6.53. The first kappa shape index (κ1) is 18.6. The van der Waals surface area contributed by atoms with E-state index >= 15 is 0 Å². The topological polar surface area (TPSA) is 68.3 Å². The number of nitrogens with one attached hydrogen (secondary N) is 1. The van der Waals surface area contributed by atoms with E-state index in [-0.39, 0.29) is 18.1 Å². The van der Waals surface area contributed by atoms with E-state index in [1.54, 1.807) is 32.9 Å². The van der Waals surface area contributed by atoms with Gasteiger partial charge in [0, 0.05) is 5.69 Å². The van der Waals surface area contributed by atoms with E-state index in [2.05, 4.69) is 26.2 Å². The van der Waals surface area contributed by atoms with Gasteiger partial charge in [0.25, 0.3) is 0 Å². The van der Waals surface area contributed by atoms with Crippen LogP contribution < -0.4 is 5.32 Å². The third-order valence-corrected chi connectivity index (χ3v) is 3.26. The van der Waals surface area contributed by atoms with Crippen molar-refractivity contribution >= 4 is 27.8 Å². The molecule has 0 spiro atoms. The van der Waals surface area contributed by atoms with Gasteiger partial charge in [-0.1, -0.05) is 19.9 Å². The van der Waals surface area contributed by atoms with Gasteiger partial charge >= 0.3 is 6.09 Å². The fourth-order valence-corrected chi connectivity index (χ4v) is 2.27. The van der Waals surface area contributed by atoms with Gasteiger partial charge in [-0.05, 0) is 54.8 Å². The predicted octanol–water partition coefficient (Wildman–Crippen LogP) is 3.51. The number of amides is 1. The average molecular weight is 371 g/mol. The number of nitrogens with zero attached hydrogens (tertiary/aromatic N) is 1. The van der Waals surface area contributed by atoms with Crippen molar-refractivity contribution in [1.29, 1.82) is 0 Å². The predicted molar refractivity (Wildman–Crippen MR) is 88.6 cm³/mol. The number of ether oxygens (including phenoxy) is 1. The molecule has 0 aliphatic rings. The van der Waals surface area contributed by atoms with Gasteiger partial charge in [-0.15, -0.1) is 0 Å². The highest BCUT2D eigenvalue weighted by atomic mass is 79.9. The molecule has 1 aromatic heterocycles. The van der Waals surface area contributed by atoms with Crippen molar-refractivity contribution in [1.82, 2.24) is 10.3 Å². The lowest BCUT2D eigenvalue weighted by atomic mass is 9.97. The highest BCUT2D eigenvalue weighted by molar-refractivity contribution is 9.10. The second-order valence-electron chi connectivity index (χ2n) is 6.46. The number of pyridine rings is 1. The monoisotopic (exact) mass is 370 g/mol. The Morgan fingerprint density at radius 2 is 1.95 bits per heavy atom. The highest BCUT2D eigenvalue weighted by Gasteiger charge is 2.27. The number of rotatable bonds is 5. The Bertz CT molecular complexity index is 538. The first-order valence-electron chi connectivity index (χ1n) is 7.22. The molecule has 0 saturated carbocycles. The number of carbonyl (C=O) groups is 2. The summed E-state index contributed by atoms with van der Waals surface area (Å²) in [5, 5.41) is 2.66. The summed E-state index contributed by atoms with van der Waals surface area (Å²) in [5.74, 6) is -0.126. The number of ketones is 1. The van der Waals surface area contributed by atoms with Crippen LogP contribution in [0.25, 0.3) is 0 Å². The molecule has 6 heteroatoms. The number of hydrogen-bond donors (Lipinski definition) is 1. The quantitative estimate of drug-likeness (QED) is 0.805. The van der Waals surface area contributed by atoms with Gasteiger partial charge < -0.3 is 10.1 Å². The van der Waals surface area contributed by atoms with Gasteiger partial charge in [0.15, 0.2) is 5.78 Å². The molecule has 0 aliphatic heterocycles. The van der Waals surface area contributed by atoms with Crippen LogP contribution in [0, 0.1) is 5.92 Å². The third-order valence-electron chi connectivity index (χ3n) is 2.81. The van der Waals surface area contributed by atoms with Crippen LogP contribution >= 0.6 is 15.9 Å². The number of Topliss-reactive ketones (excluding diaryl/α,β-unsaturated/α-hetero) is 1. The molecule has 1 rings (SSSR count). The molecule has 0 bridgehead atoms. The number of carbonyl (C=O) groups excluding carboxylic acids is 2. The molecule has 1 aromatic rings. The first-order chi connectivity index (χ1) is 10.1. The van der Waals surface area contributed by atoms with Crippen LogP contribution in [0.2, 0.25) is 0 Å². The molecule has 0 radical (unpaired) electrons. The molecule has 122 valence electrons. The standard InChI is InChI=1S/C16H23BrN2O3/c1-10(2)14(19-15(21)22-16(3,4)5)12(20)9-11-7-6-8-13(17)18-11/h6-8,10,14H,9H2,1-5H3,(H,19,21)/t14-/m1/s1. The summed E-state index contributed by atoms with van der Waals surface area (Å²) in [6.45, 7) is 9.11. The lowest BCUT2D eigenvalue weighted by Gasteiger charge is -2.25. The minimum atomic E-state index is -0.601. The fourth-order valence-electron chi connectivity index (χ4n) is 1.89. The SMILES string of the molecule is CC(C)[C@@H](NC(=O)OC(C)(C)C)C(=O)Cc1cccc(Br)n1. The average Bonchev–Trinajstić information content (AvgIpc) is 2.33. The fraction of sp³-hybridized carbons (Fsp3) is 0.562. The lowest BCUT2D eigenvalue weighted by Crippen LogP contribution is -2.47. The molecule has 0 fully saturated rings. The van der Waals surface area contributed by atoms with Gasteiger partial charge in [-0.2, -0.15) is 0 Å².